The number of carbonyl (C=O) groups is 1. The highest BCUT2D eigenvalue weighted by molar-refractivity contribution is 7.92. The molecule has 0 bridgehead atoms. The molecule has 1 heterocycles. The molecule has 0 aliphatic carbocycles. The summed E-state index contributed by atoms with van der Waals surface area (Å²) in [5.74, 6) is -0.434. The predicted molar refractivity (Wildman–Crippen MR) is 141 cm³/mol. The lowest BCUT2D eigenvalue weighted by atomic mass is 10.2. The first-order valence-electron chi connectivity index (χ1n) is 11.1. The van der Waals surface area contributed by atoms with Gasteiger partial charge in [0.25, 0.3) is 10.0 Å². The van der Waals surface area contributed by atoms with Crippen LogP contribution >= 0.6 is 11.6 Å². The second-order valence-corrected chi connectivity index (χ2v) is 13.0. The van der Waals surface area contributed by atoms with Gasteiger partial charge in [0.1, 0.15) is 6.54 Å². The zero-order chi connectivity index (χ0) is 26.3. The molecule has 36 heavy (non-hydrogen) atoms. The van der Waals surface area contributed by atoms with Gasteiger partial charge in [-0.25, -0.2) is 21.1 Å². The van der Waals surface area contributed by atoms with Crippen molar-refractivity contribution in [1.82, 2.24) is 4.31 Å². The molecule has 0 saturated heterocycles. The minimum absolute atomic E-state index is 0.0533. The third-order valence-corrected chi connectivity index (χ3v) is 10.1. The Kier molecular flexibility index (Phi) is 7.16. The second kappa shape index (κ2) is 9.85. The molecular weight excluding hydrogens is 522 g/mol. The predicted octanol–water partition coefficient (Wildman–Crippen LogP) is 3.68. The number of hydrogen-bond acceptors (Lipinski definition) is 5. The molecule has 3 aromatic carbocycles. The van der Waals surface area contributed by atoms with Gasteiger partial charge in [0, 0.05) is 31.4 Å². The van der Waals surface area contributed by atoms with E-state index in [4.69, 9.17) is 11.6 Å². The van der Waals surface area contributed by atoms with Gasteiger partial charge in [-0.1, -0.05) is 35.9 Å². The molecule has 0 saturated carbocycles. The van der Waals surface area contributed by atoms with Gasteiger partial charge >= 0.3 is 0 Å². The molecule has 0 N–H and O–H groups in total. The van der Waals surface area contributed by atoms with Crippen LogP contribution in [-0.4, -0.2) is 54.2 Å². The van der Waals surface area contributed by atoms with Crippen LogP contribution in [0.1, 0.15) is 11.1 Å². The van der Waals surface area contributed by atoms with E-state index >= 15 is 0 Å². The van der Waals surface area contributed by atoms with Crippen molar-refractivity contribution in [3.05, 3.63) is 82.9 Å². The van der Waals surface area contributed by atoms with Gasteiger partial charge in [-0.2, -0.15) is 0 Å². The van der Waals surface area contributed by atoms with Crippen molar-refractivity contribution in [2.24, 2.45) is 0 Å². The van der Waals surface area contributed by atoms with Gasteiger partial charge in [0.2, 0.25) is 15.9 Å². The fraction of sp³-hybridized carbons (Fsp3) is 0.240. The largest absolute Gasteiger partial charge is 0.310 e. The Balaban J connectivity index is 1.71. The van der Waals surface area contributed by atoms with E-state index in [-0.39, 0.29) is 9.79 Å². The number of fused-ring (bicyclic) bond motifs is 1. The lowest BCUT2D eigenvalue weighted by Gasteiger charge is -2.28. The molecule has 0 spiro atoms. The zero-order valence-corrected chi connectivity index (χ0v) is 22.4. The van der Waals surface area contributed by atoms with E-state index in [1.165, 1.54) is 37.2 Å². The van der Waals surface area contributed by atoms with Gasteiger partial charge in [0.15, 0.2) is 0 Å². The van der Waals surface area contributed by atoms with E-state index in [1.54, 1.807) is 55.5 Å². The Bertz CT molecular complexity index is 1520. The molecule has 1 amide bonds. The van der Waals surface area contributed by atoms with E-state index in [9.17, 15) is 21.6 Å². The van der Waals surface area contributed by atoms with Crippen LogP contribution in [-0.2, 0) is 31.3 Å². The van der Waals surface area contributed by atoms with Crippen LogP contribution < -0.4 is 9.21 Å². The molecule has 1 aliphatic rings. The van der Waals surface area contributed by atoms with Crippen molar-refractivity contribution in [1.29, 1.82) is 0 Å². The van der Waals surface area contributed by atoms with Crippen molar-refractivity contribution in [2.75, 3.05) is 36.4 Å². The maximum Gasteiger partial charge on any atom is 0.264 e. The van der Waals surface area contributed by atoms with E-state index in [1.807, 2.05) is 0 Å². The van der Waals surface area contributed by atoms with Crippen LogP contribution in [0.3, 0.4) is 0 Å². The van der Waals surface area contributed by atoms with Crippen LogP contribution in [0.25, 0.3) is 0 Å². The molecule has 0 atom stereocenters. The molecule has 0 radical (unpaired) electrons. The van der Waals surface area contributed by atoms with E-state index in [0.717, 1.165) is 8.61 Å². The number of carbonyl (C=O) groups excluding carboxylic acids is 1. The second-order valence-electron chi connectivity index (χ2n) is 8.58. The summed E-state index contributed by atoms with van der Waals surface area (Å²) >= 11 is 6.29. The molecule has 0 fully saturated rings. The Morgan fingerprint density at radius 1 is 0.917 bits per heavy atom. The number of anilines is 2. The highest BCUT2D eigenvalue weighted by Crippen LogP contribution is 2.34. The summed E-state index contributed by atoms with van der Waals surface area (Å²) < 4.78 is 54.5. The minimum Gasteiger partial charge on any atom is -0.310 e. The van der Waals surface area contributed by atoms with Crippen molar-refractivity contribution in [3.63, 3.8) is 0 Å². The Labute approximate surface area is 216 Å². The average molecular weight is 548 g/mol. The fourth-order valence-corrected chi connectivity index (χ4v) is 6.72. The first kappa shape index (κ1) is 26.2. The summed E-state index contributed by atoms with van der Waals surface area (Å²) in [5.41, 5.74) is 2.12. The summed E-state index contributed by atoms with van der Waals surface area (Å²) in [6, 6.07) is 17.4. The Morgan fingerprint density at radius 2 is 1.61 bits per heavy atom. The smallest absolute Gasteiger partial charge is 0.264 e. The SMILES string of the molecule is Cc1c(Cl)cccc1N(CC(=O)N1CCc2cc(S(=O)(=O)N(C)C)ccc21)S(=O)(=O)c1ccccc1. The molecular formula is C25H26ClN3O5S2. The van der Waals surface area contributed by atoms with Crippen LogP contribution in [0, 0.1) is 6.92 Å². The maximum atomic E-state index is 13.7. The van der Waals surface area contributed by atoms with E-state index < -0.39 is 32.5 Å². The van der Waals surface area contributed by atoms with E-state index in [2.05, 4.69) is 0 Å². The normalized spacial score (nSPS) is 13.6. The van der Waals surface area contributed by atoms with Gasteiger partial charge in [-0.3, -0.25) is 9.10 Å². The topological polar surface area (TPSA) is 95.1 Å². The number of rotatable bonds is 7. The van der Waals surface area contributed by atoms with Crippen LogP contribution in [0.4, 0.5) is 11.4 Å². The number of benzene rings is 3. The lowest BCUT2D eigenvalue weighted by Crippen LogP contribution is -2.43. The summed E-state index contributed by atoms with van der Waals surface area (Å²) in [5, 5.41) is 0.384. The van der Waals surface area contributed by atoms with Crippen molar-refractivity contribution < 1.29 is 21.6 Å². The Hall–Kier alpha value is -2.92. The number of amides is 1. The molecule has 11 heteroatoms. The molecule has 8 nitrogen and oxygen atoms in total. The number of halogens is 1. The third-order valence-electron chi connectivity index (χ3n) is 6.14. The van der Waals surface area contributed by atoms with Crippen molar-refractivity contribution >= 4 is 48.9 Å². The van der Waals surface area contributed by atoms with Crippen LogP contribution in [0.5, 0.6) is 0 Å². The van der Waals surface area contributed by atoms with Gasteiger partial charge in [-0.15, -0.1) is 0 Å². The van der Waals surface area contributed by atoms with Crippen molar-refractivity contribution in [3.8, 4) is 0 Å². The van der Waals surface area contributed by atoms with Gasteiger partial charge in [0.05, 0.1) is 15.5 Å². The minimum atomic E-state index is -4.09. The lowest BCUT2D eigenvalue weighted by molar-refractivity contribution is -0.117. The molecule has 4 rings (SSSR count). The quantitative estimate of drug-likeness (QED) is 0.449. The van der Waals surface area contributed by atoms with Gasteiger partial charge in [-0.05, 0) is 66.9 Å². The first-order chi connectivity index (χ1) is 16.9. The summed E-state index contributed by atoms with van der Waals surface area (Å²) in [6.45, 7) is 1.57. The highest BCUT2D eigenvalue weighted by Gasteiger charge is 2.33. The number of sulfonamides is 2. The monoisotopic (exact) mass is 547 g/mol. The maximum absolute atomic E-state index is 13.7. The Morgan fingerprint density at radius 3 is 2.28 bits per heavy atom. The summed E-state index contributed by atoms with van der Waals surface area (Å²) in [7, 11) is -4.80. The fourth-order valence-electron chi connectivity index (χ4n) is 4.10. The molecule has 190 valence electrons. The van der Waals surface area contributed by atoms with Crippen LogP contribution in [0.15, 0.2) is 76.5 Å². The van der Waals surface area contributed by atoms with E-state index in [0.29, 0.717) is 40.5 Å². The molecule has 0 aromatic heterocycles. The molecule has 1 aliphatic heterocycles. The number of hydrogen-bond donors (Lipinski definition) is 0. The third kappa shape index (κ3) is 4.73. The van der Waals surface area contributed by atoms with Crippen LogP contribution in [0.2, 0.25) is 5.02 Å². The summed E-state index contributed by atoms with van der Waals surface area (Å²) in [6.07, 6.45) is 0.458. The molecule has 0 unspecified atom stereocenters. The van der Waals surface area contributed by atoms with Gasteiger partial charge < -0.3 is 4.90 Å². The summed E-state index contributed by atoms with van der Waals surface area (Å²) in [4.78, 5) is 15.2. The molecule has 3 aromatic rings. The zero-order valence-electron chi connectivity index (χ0n) is 20.0. The number of nitrogens with zero attached hydrogens (tertiary/aromatic N) is 3. The highest BCUT2D eigenvalue weighted by atomic mass is 35.5. The standard InChI is InChI=1S/C25H26ClN3O5S2/c1-18-22(26)10-7-11-23(18)29(36(33,34)20-8-5-4-6-9-20)17-25(30)28-15-14-19-16-21(12-13-24(19)28)35(31,32)27(2)3/h4-13,16H,14-15,17H2,1-3H3. The van der Waals surface area contributed by atoms with Crippen molar-refractivity contribution in [2.45, 2.75) is 23.1 Å². The first-order valence-corrected chi connectivity index (χ1v) is 14.4. The average Bonchev–Trinajstić information content (AvgIpc) is 3.28.